The van der Waals surface area contributed by atoms with Crippen LogP contribution in [0.5, 0.6) is 5.75 Å². The van der Waals surface area contributed by atoms with E-state index in [0.29, 0.717) is 0 Å². The Morgan fingerprint density at radius 1 is 1.54 bits per heavy atom. The first-order chi connectivity index (χ1) is 13.2. The van der Waals surface area contributed by atoms with Crippen LogP contribution in [0.1, 0.15) is 33.6 Å². The Bertz CT molecular complexity index is 995. The van der Waals surface area contributed by atoms with Crippen LogP contribution < -0.4 is 10.4 Å². The molecule has 9 nitrogen and oxygen atoms in total. The number of fused-ring (bicyclic) bond motifs is 1. The largest absolute Gasteiger partial charge is 0.535 e. The highest BCUT2D eigenvalue weighted by Crippen LogP contribution is 2.39. The number of carboxylic acid groups (broad SMARTS) is 1. The molecule has 0 fully saturated rings. The van der Waals surface area contributed by atoms with Gasteiger partial charge < -0.3 is 25.7 Å². The van der Waals surface area contributed by atoms with Gasteiger partial charge >= 0.3 is 13.1 Å². The van der Waals surface area contributed by atoms with Crippen molar-refractivity contribution in [2.45, 2.75) is 25.6 Å². The molecular weight excluding hydrogens is 392 g/mol. The first kappa shape index (κ1) is 19.8. The number of thiazole rings is 1. The lowest BCUT2D eigenvalue weighted by Crippen LogP contribution is -2.37. The molecule has 1 aliphatic heterocycles. The van der Waals surface area contributed by atoms with Gasteiger partial charge in [-0.1, -0.05) is 5.16 Å². The van der Waals surface area contributed by atoms with Gasteiger partial charge in [0.05, 0.1) is 0 Å². The Hall–Kier alpha value is -2.99. The monoisotopic (exact) mass is 407 g/mol. The zero-order valence-corrected chi connectivity index (χ0v) is 15.4. The molecule has 2 heterocycles. The number of hydrogen-bond acceptors (Lipinski definition) is 9. The van der Waals surface area contributed by atoms with E-state index in [1.807, 2.05) is 0 Å². The van der Waals surface area contributed by atoms with Crippen LogP contribution in [0.15, 0.2) is 16.6 Å². The highest BCUT2D eigenvalue weighted by molar-refractivity contribution is 7.13. The van der Waals surface area contributed by atoms with Gasteiger partial charge in [-0.25, -0.2) is 14.2 Å². The highest BCUT2D eigenvalue weighted by atomic mass is 32.1. The predicted octanol–water partition coefficient (Wildman–Crippen LogP) is 1.49. The Kier molecular flexibility index (Phi) is 5.34. The maximum atomic E-state index is 14.5. The minimum atomic E-state index is -1.54. The van der Waals surface area contributed by atoms with Crippen molar-refractivity contribution in [3.63, 3.8) is 0 Å². The number of ketones is 1. The number of aryl methyl sites for hydroxylation is 1. The van der Waals surface area contributed by atoms with Crippen LogP contribution in [0.3, 0.4) is 0 Å². The van der Waals surface area contributed by atoms with E-state index in [1.165, 1.54) is 12.3 Å². The second-order valence-electron chi connectivity index (χ2n) is 6.29. The van der Waals surface area contributed by atoms with Crippen molar-refractivity contribution in [3.8, 4) is 5.75 Å². The third kappa shape index (κ3) is 3.55. The number of Topliss-reactive ketones (excluding diaryl/α,β-unsaturated/α-hetero) is 1. The van der Waals surface area contributed by atoms with E-state index in [1.54, 1.807) is 0 Å². The third-order valence-electron chi connectivity index (χ3n) is 4.41. The fraction of sp³-hybridized carbons (Fsp3) is 0.250. The van der Waals surface area contributed by atoms with Crippen molar-refractivity contribution >= 4 is 41.1 Å². The van der Waals surface area contributed by atoms with Gasteiger partial charge in [-0.05, 0) is 25.0 Å². The average molecular weight is 407 g/mol. The summed E-state index contributed by atoms with van der Waals surface area (Å²) in [4.78, 5) is 27.8. The normalized spacial score (nSPS) is 16.5. The van der Waals surface area contributed by atoms with Crippen molar-refractivity contribution < 1.29 is 34.0 Å². The van der Waals surface area contributed by atoms with E-state index in [4.69, 9.17) is 15.6 Å². The number of carboxylic acids is 1. The SMILES string of the molecule is Cc1cc(C(=O)O)c2c(c1F)C[C@H](CC(=O)/C(=N\O)c1csc(N)n1)B(O)O2. The molecule has 0 aliphatic carbocycles. The van der Waals surface area contributed by atoms with Gasteiger partial charge in [0, 0.05) is 23.2 Å². The summed E-state index contributed by atoms with van der Waals surface area (Å²) < 4.78 is 19.8. The molecule has 3 rings (SSSR count). The number of oxime groups is 1. The molecule has 5 N–H and O–H groups in total. The number of carbonyl (C=O) groups excluding carboxylic acids is 1. The Labute approximate surface area is 162 Å². The summed E-state index contributed by atoms with van der Waals surface area (Å²) >= 11 is 1.05. The summed E-state index contributed by atoms with van der Waals surface area (Å²) in [6, 6.07) is 1.12. The number of benzene rings is 1. The van der Waals surface area contributed by atoms with Crippen molar-refractivity contribution in [1.29, 1.82) is 0 Å². The van der Waals surface area contributed by atoms with Crippen molar-refractivity contribution in [1.82, 2.24) is 4.98 Å². The second kappa shape index (κ2) is 7.56. The topological polar surface area (TPSA) is 155 Å². The Morgan fingerprint density at radius 3 is 2.82 bits per heavy atom. The molecule has 2 aromatic rings. The number of halogens is 1. The van der Waals surface area contributed by atoms with Gasteiger partial charge in [0.25, 0.3) is 0 Å². The molecule has 0 unspecified atom stereocenters. The lowest BCUT2D eigenvalue weighted by molar-refractivity contribution is -0.113. The lowest BCUT2D eigenvalue weighted by Gasteiger charge is -2.28. The minimum absolute atomic E-state index is 0.0270. The van der Waals surface area contributed by atoms with Crippen LogP contribution in [-0.2, 0) is 11.2 Å². The summed E-state index contributed by atoms with van der Waals surface area (Å²) in [5.41, 5.74) is 5.06. The number of aromatic nitrogens is 1. The zero-order chi connectivity index (χ0) is 20.6. The van der Waals surface area contributed by atoms with E-state index in [0.717, 1.165) is 17.4 Å². The molecule has 1 atom stereocenters. The van der Waals surface area contributed by atoms with E-state index >= 15 is 0 Å². The number of rotatable bonds is 5. The first-order valence-corrected chi connectivity index (χ1v) is 8.97. The zero-order valence-electron chi connectivity index (χ0n) is 14.5. The van der Waals surface area contributed by atoms with Crippen LogP contribution in [0.25, 0.3) is 0 Å². The van der Waals surface area contributed by atoms with Crippen LogP contribution in [-0.4, -0.2) is 44.9 Å². The molecule has 1 aromatic heterocycles. The predicted molar refractivity (Wildman–Crippen MR) is 98.6 cm³/mol. The van der Waals surface area contributed by atoms with Crippen LogP contribution in [0.2, 0.25) is 5.82 Å². The summed E-state index contributed by atoms with van der Waals surface area (Å²) in [6.45, 7) is 1.41. The van der Waals surface area contributed by atoms with E-state index < -0.39 is 30.5 Å². The van der Waals surface area contributed by atoms with E-state index in [9.17, 15) is 24.1 Å². The van der Waals surface area contributed by atoms with Gasteiger partial charge in [-0.3, -0.25) is 4.79 Å². The van der Waals surface area contributed by atoms with Crippen molar-refractivity contribution in [2.24, 2.45) is 5.16 Å². The average Bonchev–Trinajstić information content (AvgIpc) is 3.05. The van der Waals surface area contributed by atoms with Crippen molar-refractivity contribution in [2.75, 3.05) is 5.73 Å². The number of anilines is 1. The standard InChI is InChI=1S/C16H15BFN3O6S/c1-6-2-9(15(23)24)14-8(12(6)18)3-7(17(25)27-14)4-11(22)13(21-26)10-5-28-16(19)20-10/h2,5,7,25-26H,3-4H2,1H3,(H2,19,20)(H,23,24)/b21-13-/t7-/m1/s1. The lowest BCUT2D eigenvalue weighted by atomic mass is 9.64. The Morgan fingerprint density at radius 2 is 2.25 bits per heavy atom. The first-order valence-electron chi connectivity index (χ1n) is 8.09. The van der Waals surface area contributed by atoms with E-state index in [2.05, 4.69) is 10.1 Å². The molecule has 146 valence electrons. The summed E-state index contributed by atoms with van der Waals surface area (Å²) in [6.07, 6.45) is -0.471. The molecule has 0 saturated heterocycles. The number of aromatic carboxylic acids is 1. The molecule has 0 spiro atoms. The summed E-state index contributed by atoms with van der Waals surface area (Å²) in [5.74, 6) is -3.78. The molecule has 12 heteroatoms. The summed E-state index contributed by atoms with van der Waals surface area (Å²) in [7, 11) is -1.54. The molecule has 28 heavy (non-hydrogen) atoms. The summed E-state index contributed by atoms with van der Waals surface area (Å²) in [5, 5.41) is 33.3. The number of nitrogen functional groups attached to an aromatic ring is 1. The van der Waals surface area contributed by atoms with Crippen LogP contribution >= 0.6 is 11.3 Å². The van der Waals surface area contributed by atoms with Gasteiger partial charge in [0.15, 0.2) is 16.6 Å². The van der Waals surface area contributed by atoms with Crippen molar-refractivity contribution in [3.05, 3.63) is 39.6 Å². The fourth-order valence-electron chi connectivity index (χ4n) is 3.06. The van der Waals surface area contributed by atoms with Gasteiger partial charge in [-0.15, -0.1) is 11.3 Å². The Balaban J connectivity index is 1.88. The maximum Gasteiger partial charge on any atom is 0.526 e. The van der Waals surface area contributed by atoms with Crippen LogP contribution in [0.4, 0.5) is 9.52 Å². The second-order valence-corrected chi connectivity index (χ2v) is 7.18. The van der Waals surface area contributed by atoms with Gasteiger partial charge in [0.2, 0.25) is 0 Å². The highest BCUT2D eigenvalue weighted by Gasteiger charge is 2.40. The smallest absolute Gasteiger partial charge is 0.526 e. The number of carbonyl (C=O) groups is 2. The molecule has 1 aliphatic rings. The molecular formula is C16H15BFN3O6S. The number of nitrogens with zero attached hydrogens (tertiary/aromatic N) is 2. The molecule has 1 aromatic carbocycles. The quantitative estimate of drug-likeness (QED) is 0.252. The van der Waals surface area contributed by atoms with E-state index in [-0.39, 0.29) is 51.8 Å². The molecule has 0 saturated carbocycles. The van der Waals surface area contributed by atoms with Crippen LogP contribution in [0, 0.1) is 12.7 Å². The van der Waals surface area contributed by atoms with Gasteiger partial charge in [-0.2, -0.15) is 0 Å². The van der Waals surface area contributed by atoms with Gasteiger partial charge in [0.1, 0.15) is 22.8 Å². The third-order valence-corrected chi connectivity index (χ3v) is 5.08. The minimum Gasteiger partial charge on any atom is -0.535 e. The fourth-order valence-corrected chi connectivity index (χ4v) is 3.60. The molecule has 0 radical (unpaired) electrons. The molecule has 0 amide bonds. The number of nitrogens with two attached hydrogens (primary N) is 1. The molecule has 0 bridgehead atoms. The number of hydrogen-bond donors (Lipinski definition) is 4. The maximum absolute atomic E-state index is 14.5.